The summed E-state index contributed by atoms with van der Waals surface area (Å²) in [6.45, 7) is 0. The lowest BCUT2D eigenvalue weighted by atomic mass is 9.52. The minimum Gasteiger partial charge on any atom is -0.390 e. The summed E-state index contributed by atoms with van der Waals surface area (Å²) in [7, 11) is 0. The van der Waals surface area contributed by atoms with E-state index < -0.39 is 11.5 Å². The van der Waals surface area contributed by atoms with Gasteiger partial charge >= 0.3 is 0 Å². The number of nitrogens with one attached hydrogen (secondary N) is 2. The van der Waals surface area contributed by atoms with Crippen molar-refractivity contribution in [3.63, 3.8) is 0 Å². The van der Waals surface area contributed by atoms with E-state index in [2.05, 4.69) is 25.6 Å². The molecule has 0 saturated heterocycles. The number of hydrogen-bond donors (Lipinski definition) is 4. The molecule has 8 heteroatoms. The zero-order valence-electron chi connectivity index (χ0n) is 15.5. The molecular formula is C20H24N6O2. The monoisotopic (exact) mass is 380 g/mol. The summed E-state index contributed by atoms with van der Waals surface area (Å²) in [5, 5.41) is 17.5. The number of primary amides is 1. The number of aromatic nitrogens is 3. The van der Waals surface area contributed by atoms with Crippen molar-refractivity contribution >= 4 is 23.2 Å². The third kappa shape index (κ3) is 3.07. The predicted molar refractivity (Wildman–Crippen MR) is 104 cm³/mol. The molecule has 4 fully saturated rings. The molecule has 5 atom stereocenters. The Morgan fingerprint density at radius 2 is 1.89 bits per heavy atom. The van der Waals surface area contributed by atoms with Crippen molar-refractivity contribution in [1.29, 1.82) is 0 Å². The van der Waals surface area contributed by atoms with Crippen molar-refractivity contribution in [2.45, 2.75) is 43.7 Å². The maximum absolute atomic E-state index is 11.9. The van der Waals surface area contributed by atoms with Gasteiger partial charge in [0.15, 0.2) is 0 Å². The number of hydrogen-bond acceptors (Lipinski definition) is 7. The highest BCUT2D eigenvalue weighted by Gasteiger charge is 2.54. The van der Waals surface area contributed by atoms with E-state index in [4.69, 9.17) is 5.73 Å². The number of amides is 1. The fourth-order valence-corrected chi connectivity index (χ4v) is 5.73. The molecule has 4 bridgehead atoms. The van der Waals surface area contributed by atoms with Crippen LogP contribution >= 0.6 is 0 Å². The third-order valence-corrected chi connectivity index (χ3v) is 6.55. The van der Waals surface area contributed by atoms with Crippen molar-refractivity contribution in [2.24, 2.45) is 23.5 Å². The fraction of sp³-hybridized carbons (Fsp3) is 0.500. The maximum Gasteiger partial charge on any atom is 0.252 e. The van der Waals surface area contributed by atoms with E-state index in [0.29, 0.717) is 40.6 Å². The predicted octanol–water partition coefficient (Wildman–Crippen LogP) is 2.07. The van der Waals surface area contributed by atoms with Crippen molar-refractivity contribution in [2.75, 3.05) is 10.6 Å². The molecule has 8 nitrogen and oxygen atoms in total. The Balaban J connectivity index is 1.42. The number of pyridine rings is 1. The molecule has 0 aliphatic heterocycles. The smallest absolute Gasteiger partial charge is 0.252 e. The first-order chi connectivity index (χ1) is 13.5. The third-order valence-electron chi connectivity index (χ3n) is 6.55. The minimum atomic E-state index is -0.511. The van der Waals surface area contributed by atoms with Crippen LogP contribution in [0, 0.1) is 17.8 Å². The summed E-state index contributed by atoms with van der Waals surface area (Å²) in [6.07, 6.45) is 11.2. The Morgan fingerprint density at radius 1 is 1.11 bits per heavy atom. The van der Waals surface area contributed by atoms with Gasteiger partial charge in [-0.2, -0.15) is 0 Å². The van der Waals surface area contributed by atoms with Crippen LogP contribution in [0.15, 0.2) is 30.9 Å². The largest absolute Gasteiger partial charge is 0.390 e. The molecule has 5 N–H and O–H groups in total. The number of nitrogens with two attached hydrogens (primary N) is 1. The van der Waals surface area contributed by atoms with Gasteiger partial charge in [0.1, 0.15) is 11.6 Å². The molecule has 2 aromatic heterocycles. The van der Waals surface area contributed by atoms with Gasteiger partial charge in [-0.1, -0.05) is 0 Å². The van der Waals surface area contributed by atoms with Crippen molar-refractivity contribution in [1.82, 2.24) is 15.0 Å². The van der Waals surface area contributed by atoms with Crippen molar-refractivity contribution in [3.05, 3.63) is 36.4 Å². The van der Waals surface area contributed by atoms with Gasteiger partial charge in [0.2, 0.25) is 0 Å². The van der Waals surface area contributed by atoms with E-state index >= 15 is 0 Å². The van der Waals surface area contributed by atoms with E-state index in [9.17, 15) is 9.90 Å². The molecule has 0 spiro atoms. The summed E-state index contributed by atoms with van der Waals surface area (Å²) in [4.78, 5) is 24.5. The Bertz CT molecular complexity index is 889. The van der Waals surface area contributed by atoms with Crippen LogP contribution in [0.5, 0.6) is 0 Å². The van der Waals surface area contributed by atoms with E-state index in [1.165, 1.54) is 6.20 Å². The zero-order valence-corrected chi connectivity index (χ0v) is 15.5. The molecule has 28 heavy (non-hydrogen) atoms. The summed E-state index contributed by atoms with van der Waals surface area (Å²) in [5.74, 6) is 2.09. The first-order valence-corrected chi connectivity index (χ1v) is 9.81. The average Bonchev–Trinajstić information content (AvgIpc) is 2.64. The van der Waals surface area contributed by atoms with Crippen LogP contribution in [0.4, 0.5) is 17.3 Å². The van der Waals surface area contributed by atoms with Crippen LogP contribution in [0.1, 0.15) is 42.5 Å². The van der Waals surface area contributed by atoms with Gasteiger partial charge < -0.3 is 21.5 Å². The SMILES string of the molecule is NC(=O)c1cnc(Nc2cnccn2)cc1N[C@@H]1[C@@H]2CC3C[C@H]1C[C@@](O)(C3)C2. The van der Waals surface area contributed by atoms with Gasteiger partial charge in [-0.15, -0.1) is 0 Å². The van der Waals surface area contributed by atoms with E-state index in [0.717, 1.165) is 32.1 Å². The van der Waals surface area contributed by atoms with Gasteiger partial charge in [-0.25, -0.2) is 9.97 Å². The highest BCUT2D eigenvalue weighted by atomic mass is 16.3. The standard InChI is InChI=1S/C20H24N6O2/c21-19(27)14-9-24-16(26-17-10-22-1-2-23-17)5-15(14)25-18-12-3-11-4-13(18)8-20(28,6-11)7-12/h1-2,5,9-13,18,28H,3-4,6-8H2,(H2,21,27)(H2,23,24,25,26)/t11?,12-,13+,18-,20-. The molecule has 146 valence electrons. The van der Waals surface area contributed by atoms with E-state index in [1.54, 1.807) is 24.7 Å². The molecule has 6 rings (SSSR count). The normalized spacial score (nSPS) is 32.9. The molecule has 1 unspecified atom stereocenters. The number of rotatable bonds is 5. The molecule has 2 heterocycles. The molecule has 1 amide bonds. The Hall–Kier alpha value is -2.74. The fourth-order valence-electron chi connectivity index (χ4n) is 5.73. The molecular weight excluding hydrogens is 356 g/mol. The molecule has 0 radical (unpaired) electrons. The summed E-state index contributed by atoms with van der Waals surface area (Å²) < 4.78 is 0. The van der Waals surface area contributed by atoms with E-state index in [1.807, 2.05) is 0 Å². The number of nitrogens with zero attached hydrogens (tertiary/aromatic N) is 3. The second-order valence-electron chi connectivity index (χ2n) is 8.56. The van der Waals surface area contributed by atoms with E-state index in [-0.39, 0.29) is 6.04 Å². The summed E-state index contributed by atoms with van der Waals surface area (Å²) in [6, 6.07) is 2.04. The van der Waals surface area contributed by atoms with Crippen LogP contribution in [0.3, 0.4) is 0 Å². The summed E-state index contributed by atoms with van der Waals surface area (Å²) in [5.41, 5.74) is 6.15. The lowest BCUT2D eigenvalue weighted by molar-refractivity contribution is -0.129. The van der Waals surface area contributed by atoms with Crippen LogP contribution < -0.4 is 16.4 Å². The zero-order chi connectivity index (χ0) is 19.3. The highest BCUT2D eigenvalue weighted by Crippen LogP contribution is 2.56. The second kappa shape index (κ2) is 6.41. The Labute approximate surface area is 163 Å². The van der Waals surface area contributed by atoms with Crippen LogP contribution in [-0.4, -0.2) is 37.6 Å². The highest BCUT2D eigenvalue weighted by molar-refractivity contribution is 5.98. The number of anilines is 3. The molecule has 4 aliphatic carbocycles. The van der Waals surface area contributed by atoms with Crippen molar-refractivity contribution in [3.8, 4) is 0 Å². The topological polar surface area (TPSA) is 126 Å². The van der Waals surface area contributed by atoms with Gasteiger partial charge in [0, 0.05) is 30.7 Å². The van der Waals surface area contributed by atoms with Crippen LogP contribution in [-0.2, 0) is 0 Å². The van der Waals surface area contributed by atoms with Crippen molar-refractivity contribution < 1.29 is 9.90 Å². The van der Waals surface area contributed by atoms with Gasteiger partial charge in [0.05, 0.1) is 23.0 Å². The second-order valence-corrected chi connectivity index (χ2v) is 8.56. The Morgan fingerprint density at radius 3 is 2.54 bits per heavy atom. The minimum absolute atomic E-state index is 0.238. The lowest BCUT2D eigenvalue weighted by Gasteiger charge is -2.58. The Kier molecular flexibility index (Phi) is 3.97. The average molecular weight is 380 g/mol. The van der Waals surface area contributed by atoms with Gasteiger partial charge in [0.25, 0.3) is 5.91 Å². The molecule has 2 aromatic rings. The lowest BCUT2D eigenvalue weighted by Crippen LogP contribution is -2.59. The quantitative estimate of drug-likeness (QED) is 0.625. The number of carbonyl (C=O) groups is 1. The maximum atomic E-state index is 11.9. The number of carbonyl (C=O) groups excluding carboxylic acids is 1. The first kappa shape index (κ1) is 17.4. The van der Waals surface area contributed by atoms with Crippen LogP contribution in [0.25, 0.3) is 0 Å². The molecule has 0 aromatic carbocycles. The molecule has 4 saturated carbocycles. The van der Waals surface area contributed by atoms with Crippen LogP contribution in [0.2, 0.25) is 0 Å². The summed E-state index contributed by atoms with van der Waals surface area (Å²) >= 11 is 0. The first-order valence-electron chi connectivity index (χ1n) is 9.81. The number of aliphatic hydroxyl groups is 1. The van der Waals surface area contributed by atoms with Gasteiger partial charge in [-0.05, 0) is 49.9 Å². The molecule has 4 aliphatic rings. The van der Waals surface area contributed by atoms with Gasteiger partial charge in [-0.3, -0.25) is 9.78 Å².